The van der Waals surface area contributed by atoms with Gasteiger partial charge in [0.05, 0.1) is 0 Å². The molecule has 5 nitrogen and oxygen atoms in total. The molecule has 0 unspecified atom stereocenters. The number of aromatic amines is 1. The van der Waals surface area contributed by atoms with Crippen LogP contribution in [0.25, 0.3) is 10.9 Å². The number of H-pyrrole nitrogens is 1. The number of phenols is 2. The Morgan fingerprint density at radius 1 is 1.27 bits per heavy atom. The molecule has 15 heavy (non-hydrogen) atoms. The van der Waals surface area contributed by atoms with Crippen molar-refractivity contribution in [1.82, 2.24) is 4.98 Å². The Morgan fingerprint density at radius 3 is 2.47 bits per heavy atom. The summed E-state index contributed by atoms with van der Waals surface area (Å²) in [4.78, 5) is 13.3. The lowest BCUT2D eigenvalue weighted by molar-refractivity contribution is 0.0693. The van der Waals surface area contributed by atoms with Crippen LogP contribution in [0.5, 0.6) is 11.5 Å². The second-order valence-corrected chi connectivity index (χ2v) is 3.11. The summed E-state index contributed by atoms with van der Waals surface area (Å²) < 4.78 is 0. The lowest BCUT2D eigenvalue weighted by Gasteiger charge is -1.97. The van der Waals surface area contributed by atoms with Crippen LogP contribution >= 0.6 is 0 Å². The second-order valence-electron chi connectivity index (χ2n) is 3.11. The van der Waals surface area contributed by atoms with Gasteiger partial charge >= 0.3 is 5.97 Å². The molecule has 6 heteroatoms. The Bertz CT molecular complexity index is 561. The van der Waals surface area contributed by atoms with Crippen LogP contribution in [0, 0.1) is 0 Å². The summed E-state index contributed by atoms with van der Waals surface area (Å²) in [5.41, 5.74) is 0.239. The molecule has 4 N–H and O–H groups in total. The minimum Gasteiger partial charge on any atom is -0.504 e. The van der Waals surface area contributed by atoms with Gasteiger partial charge in [-0.2, -0.15) is 0 Å². The molecule has 1 aromatic carbocycles. The summed E-state index contributed by atoms with van der Waals surface area (Å²) in [6.45, 7) is 0. The molecule has 2 aromatic rings. The first kappa shape index (κ1) is 9.45. The van der Waals surface area contributed by atoms with Crippen molar-refractivity contribution in [3.05, 3.63) is 17.8 Å². The highest BCUT2D eigenvalue weighted by Gasteiger charge is 2.14. The van der Waals surface area contributed by atoms with E-state index in [1.165, 1.54) is 12.1 Å². The number of hydrogen-bond acceptors (Lipinski definition) is 3. The van der Waals surface area contributed by atoms with Crippen molar-refractivity contribution in [1.29, 1.82) is 0 Å². The fraction of sp³-hybridized carbons (Fsp3) is 0. The number of carbonyl (C=O) groups is 1. The van der Waals surface area contributed by atoms with Crippen LogP contribution in [0.1, 0.15) is 10.5 Å². The van der Waals surface area contributed by atoms with Crippen LogP contribution in [-0.2, 0) is 0 Å². The van der Waals surface area contributed by atoms with Gasteiger partial charge in [-0.1, -0.05) is 5.46 Å². The van der Waals surface area contributed by atoms with E-state index in [0.717, 1.165) is 0 Å². The van der Waals surface area contributed by atoms with E-state index in [9.17, 15) is 15.0 Å². The molecule has 0 atom stereocenters. The number of rotatable bonds is 1. The van der Waals surface area contributed by atoms with E-state index >= 15 is 0 Å². The molecule has 1 aromatic heterocycles. The van der Waals surface area contributed by atoms with E-state index < -0.39 is 5.97 Å². The number of benzene rings is 1. The van der Waals surface area contributed by atoms with Crippen LogP contribution in [0.4, 0.5) is 0 Å². The standard InChI is InChI=1S/C9H6BNO4/c10-7-3-1-5(12)6(13)2-4(3)11-8(7)9(14)15/h1-2,11-13H,(H,14,15). The first-order valence-electron chi connectivity index (χ1n) is 4.07. The van der Waals surface area contributed by atoms with Gasteiger partial charge in [0, 0.05) is 11.6 Å². The molecule has 0 amide bonds. The van der Waals surface area contributed by atoms with Crippen LogP contribution < -0.4 is 5.46 Å². The third kappa shape index (κ3) is 1.30. The normalized spacial score (nSPS) is 10.7. The number of fused-ring (bicyclic) bond motifs is 1. The van der Waals surface area contributed by atoms with Gasteiger partial charge in [-0.15, -0.1) is 0 Å². The van der Waals surface area contributed by atoms with Crippen molar-refractivity contribution < 1.29 is 20.1 Å². The van der Waals surface area contributed by atoms with Crippen molar-refractivity contribution in [2.24, 2.45) is 0 Å². The highest BCUT2D eigenvalue weighted by molar-refractivity contribution is 6.42. The maximum atomic E-state index is 10.7. The molecule has 1 heterocycles. The molecule has 0 saturated heterocycles. The molecule has 0 spiro atoms. The summed E-state index contributed by atoms with van der Waals surface area (Å²) in [6, 6.07) is 2.43. The fourth-order valence-electron chi connectivity index (χ4n) is 1.41. The number of carboxylic acid groups (broad SMARTS) is 1. The van der Waals surface area contributed by atoms with Crippen LogP contribution in [-0.4, -0.2) is 34.1 Å². The van der Waals surface area contributed by atoms with Gasteiger partial charge in [0.2, 0.25) is 0 Å². The summed E-state index contributed by atoms with van der Waals surface area (Å²) in [5, 5.41) is 27.6. The third-order valence-electron chi connectivity index (χ3n) is 2.15. The predicted octanol–water partition coefficient (Wildman–Crippen LogP) is 0.0711. The van der Waals surface area contributed by atoms with Crippen molar-refractivity contribution in [2.45, 2.75) is 0 Å². The molecule has 2 rings (SSSR count). The maximum Gasteiger partial charge on any atom is 0.351 e. The molecular formula is C9H6BNO4. The number of aromatic hydroxyl groups is 2. The van der Waals surface area contributed by atoms with Crippen molar-refractivity contribution in [3.8, 4) is 11.5 Å². The largest absolute Gasteiger partial charge is 0.504 e. The van der Waals surface area contributed by atoms with Gasteiger partial charge in [0.1, 0.15) is 13.5 Å². The summed E-state index contributed by atoms with van der Waals surface area (Å²) in [6.07, 6.45) is 0. The maximum absolute atomic E-state index is 10.7. The van der Waals surface area contributed by atoms with Gasteiger partial charge in [0.15, 0.2) is 11.5 Å². The Morgan fingerprint density at radius 2 is 1.87 bits per heavy atom. The van der Waals surface area contributed by atoms with E-state index in [-0.39, 0.29) is 22.7 Å². The molecule has 2 radical (unpaired) electrons. The summed E-state index contributed by atoms with van der Waals surface area (Å²) >= 11 is 0. The minimum absolute atomic E-state index is 0.0350. The average molecular weight is 203 g/mol. The van der Waals surface area contributed by atoms with Crippen LogP contribution in [0.15, 0.2) is 12.1 Å². The minimum atomic E-state index is -1.19. The number of nitrogens with one attached hydrogen (secondary N) is 1. The average Bonchev–Trinajstić information content (AvgIpc) is 2.46. The first-order chi connectivity index (χ1) is 7.00. The highest BCUT2D eigenvalue weighted by Crippen LogP contribution is 2.29. The number of aromatic nitrogens is 1. The van der Waals surface area contributed by atoms with E-state index in [1.54, 1.807) is 0 Å². The first-order valence-corrected chi connectivity index (χ1v) is 4.07. The molecule has 0 aliphatic carbocycles. The smallest absolute Gasteiger partial charge is 0.351 e. The predicted molar refractivity (Wildman–Crippen MR) is 54.0 cm³/mol. The second kappa shape index (κ2) is 2.95. The molecule has 0 fully saturated rings. The Balaban J connectivity index is 2.83. The molecule has 0 aliphatic heterocycles. The summed E-state index contributed by atoms with van der Waals surface area (Å²) in [7, 11) is 5.55. The van der Waals surface area contributed by atoms with E-state index in [4.69, 9.17) is 13.0 Å². The number of carboxylic acids is 1. The number of hydrogen-bond donors (Lipinski definition) is 4. The lowest BCUT2D eigenvalue weighted by atomic mass is 9.92. The SMILES string of the molecule is [B]c1c(C(=O)O)[nH]c2cc(O)c(O)cc12. The quantitative estimate of drug-likeness (QED) is 0.389. The Kier molecular flexibility index (Phi) is 1.86. The zero-order chi connectivity index (χ0) is 11.2. The van der Waals surface area contributed by atoms with Gasteiger partial charge in [-0.25, -0.2) is 4.79 Å². The molecule has 0 bridgehead atoms. The molecule has 74 valence electrons. The summed E-state index contributed by atoms with van der Waals surface area (Å²) in [5.74, 6) is -1.87. The molecule has 0 saturated carbocycles. The van der Waals surface area contributed by atoms with Crippen molar-refractivity contribution in [3.63, 3.8) is 0 Å². The fourth-order valence-corrected chi connectivity index (χ4v) is 1.41. The van der Waals surface area contributed by atoms with Crippen molar-refractivity contribution >= 4 is 30.2 Å². The molecule has 0 aliphatic rings. The third-order valence-corrected chi connectivity index (χ3v) is 2.15. The Hall–Kier alpha value is -2.11. The van der Waals surface area contributed by atoms with E-state index in [1.807, 2.05) is 0 Å². The lowest BCUT2D eigenvalue weighted by Crippen LogP contribution is -2.13. The zero-order valence-electron chi connectivity index (χ0n) is 7.48. The zero-order valence-corrected chi connectivity index (χ0v) is 7.48. The molecular weight excluding hydrogens is 197 g/mol. The van der Waals surface area contributed by atoms with Gasteiger partial charge in [-0.3, -0.25) is 0 Å². The van der Waals surface area contributed by atoms with E-state index in [2.05, 4.69) is 4.98 Å². The monoisotopic (exact) mass is 203 g/mol. The highest BCUT2D eigenvalue weighted by atomic mass is 16.4. The van der Waals surface area contributed by atoms with Gasteiger partial charge in [-0.05, 0) is 11.5 Å². The van der Waals surface area contributed by atoms with Crippen LogP contribution in [0.2, 0.25) is 0 Å². The van der Waals surface area contributed by atoms with Crippen LogP contribution in [0.3, 0.4) is 0 Å². The number of phenolic OH excluding ortho intramolecular Hbond substituents is 2. The van der Waals surface area contributed by atoms with Crippen molar-refractivity contribution in [2.75, 3.05) is 0 Å². The number of aromatic carboxylic acids is 1. The Labute approximate surface area is 85.4 Å². The van der Waals surface area contributed by atoms with Gasteiger partial charge < -0.3 is 20.3 Å². The topological polar surface area (TPSA) is 93.5 Å². The van der Waals surface area contributed by atoms with Gasteiger partial charge in [0.25, 0.3) is 0 Å². The van der Waals surface area contributed by atoms with E-state index in [0.29, 0.717) is 10.9 Å².